The second kappa shape index (κ2) is 7.60. The maximum Gasteiger partial charge on any atom is 0.406 e. The summed E-state index contributed by atoms with van der Waals surface area (Å²) < 4.78 is 40.4. The van der Waals surface area contributed by atoms with E-state index in [1.165, 1.54) is 12.1 Å². The van der Waals surface area contributed by atoms with Gasteiger partial charge in [0.05, 0.1) is 23.7 Å². The monoisotopic (exact) mass is 364 g/mol. The van der Waals surface area contributed by atoms with Crippen molar-refractivity contribution in [2.45, 2.75) is 33.0 Å². The molecule has 0 saturated carbocycles. The lowest BCUT2D eigenvalue weighted by Gasteiger charge is -2.24. The molecule has 0 N–H and O–H groups in total. The SMILES string of the molecule is Cc1nn(C)c(C)c1CC(=O)N(Cc1ccc(C#N)cc1)CC(F)(F)F. The van der Waals surface area contributed by atoms with Gasteiger partial charge < -0.3 is 4.90 Å². The molecular weight excluding hydrogens is 345 g/mol. The summed E-state index contributed by atoms with van der Waals surface area (Å²) in [6.45, 7) is 1.99. The maximum absolute atomic E-state index is 12.9. The van der Waals surface area contributed by atoms with Crippen LogP contribution in [0.25, 0.3) is 0 Å². The van der Waals surface area contributed by atoms with Gasteiger partial charge in [-0.3, -0.25) is 9.48 Å². The number of nitriles is 1. The summed E-state index contributed by atoms with van der Waals surface area (Å²) >= 11 is 0. The Balaban J connectivity index is 2.22. The molecule has 0 saturated heterocycles. The van der Waals surface area contributed by atoms with E-state index in [0.29, 0.717) is 22.4 Å². The van der Waals surface area contributed by atoms with E-state index < -0.39 is 18.6 Å². The Labute approximate surface area is 149 Å². The maximum atomic E-state index is 12.9. The normalized spacial score (nSPS) is 11.3. The molecule has 0 aliphatic heterocycles. The Hall–Kier alpha value is -2.82. The van der Waals surface area contributed by atoms with Crippen LogP contribution in [0, 0.1) is 25.2 Å². The molecule has 1 aromatic heterocycles. The number of benzene rings is 1. The fourth-order valence-corrected chi connectivity index (χ4v) is 2.69. The van der Waals surface area contributed by atoms with Crippen LogP contribution >= 0.6 is 0 Å². The fraction of sp³-hybridized carbons (Fsp3) is 0.389. The van der Waals surface area contributed by atoms with Crippen molar-refractivity contribution in [3.8, 4) is 6.07 Å². The van der Waals surface area contributed by atoms with E-state index in [1.54, 1.807) is 37.7 Å². The molecule has 138 valence electrons. The lowest BCUT2D eigenvalue weighted by atomic mass is 10.1. The van der Waals surface area contributed by atoms with E-state index in [0.717, 1.165) is 10.6 Å². The van der Waals surface area contributed by atoms with Crippen molar-refractivity contribution in [1.82, 2.24) is 14.7 Å². The first-order valence-electron chi connectivity index (χ1n) is 7.93. The molecule has 26 heavy (non-hydrogen) atoms. The van der Waals surface area contributed by atoms with Crippen LogP contribution < -0.4 is 0 Å². The zero-order valence-corrected chi connectivity index (χ0v) is 14.8. The number of carbonyl (C=O) groups excluding carboxylic acids is 1. The molecule has 0 radical (unpaired) electrons. The molecule has 0 aliphatic carbocycles. The van der Waals surface area contributed by atoms with Gasteiger partial charge in [-0.15, -0.1) is 0 Å². The number of nitrogens with zero attached hydrogens (tertiary/aromatic N) is 4. The van der Waals surface area contributed by atoms with Gasteiger partial charge in [-0.05, 0) is 31.5 Å². The standard InChI is InChI=1S/C18H19F3N4O/c1-12-16(13(2)24(3)23-12)8-17(26)25(11-18(19,20)21)10-15-6-4-14(9-22)5-7-15/h4-7H,8,10-11H2,1-3H3. The van der Waals surface area contributed by atoms with Crippen molar-refractivity contribution >= 4 is 5.91 Å². The molecule has 5 nitrogen and oxygen atoms in total. The van der Waals surface area contributed by atoms with Crippen LogP contribution in [-0.4, -0.2) is 33.3 Å². The van der Waals surface area contributed by atoms with Gasteiger partial charge in [0.15, 0.2) is 0 Å². The van der Waals surface area contributed by atoms with Crippen LogP contribution in [0.15, 0.2) is 24.3 Å². The van der Waals surface area contributed by atoms with Crippen LogP contribution in [0.1, 0.15) is 28.1 Å². The number of rotatable bonds is 5. The molecular formula is C18H19F3N4O. The van der Waals surface area contributed by atoms with E-state index in [1.807, 2.05) is 6.07 Å². The smallest absolute Gasteiger partial charge is 0.329 e. The highest BCUT2D eigenvalue weighted by Crippen LogP contribution is 2.21. The Morgan fingerprint density at radius 1 is 1.27 bits per heavy atom. The number of alkyl halides is 3. The molecule has 0 atom stereocenters. The van der Waals surface area contributed by atoms with Crippen molar-refractivity contribution in [2.75, 3.05) is 6.54 Å². The topological polar surface area (TPSA) is 61.9 Å². The Morgan fingerprint density at radius 3 is 2.35 bits per heavy atom. The van der Waals surface area contributed by atoms with Crippen LogP contribution in [0.5, 0.6) is 0 Å². The number of amides is 1. The van der Waals surface area contributed by atoms with Gasteiger partial charge in [0.25, 0.3) is 0 Å². The Kier molecular flexibility index (Phi) is 5.70. The summed E-state index contributed by atoms with van der Waals surface area (Å²) in [5, 5.41) is 13.0. The summed E-state index contributed by atoms with van der Waals surface area (Å²) in [7, 11) is 1.72. The number of hydrogen-bond donors (Lipinski definition) is 0. The van der Waals surface area contributed by atoms with E-state index in [-0.39, 0.29) is 13.0 Å². The number of aryl methyl sites for hydroxylation is 2. The minimum absolute atomic E-state index is 0.141. The minimum Gasteiger partial charge on any atom is -0.329 e. The third kappa shape index (κ3) is 4.85. The van der Waals surface area contributed by atoms with Crippen molar-refractivity contribution in [2.24, 2.45) is 7.05 Å². The van der Waals surface area contributed by atoms with Gasteiger partial charge >= 0.3 is 6.18 Å². The third-order valence-corrected chi connectivity index (χ3v) is 4.17. The summed E-state index contributed by atoms with van der Waals surface area (Å²) in [6, 6.07) is 8.08. The lowest BCUT2D eigenvalue weighted by Crippen LogP contribution is -2.39. The number of hydrogen-bond acceptors (Lipinski definition) is 3. The molecule has 0 bridgehead atoms. The van der Waals surface area contributed by atoms with E-state index >= 15 is 0 Å². The molecule has 8 heteroatoms. The number of aromatic nitrogens is 2. The molecule has 0 aliphatic rings. The average Bonchev–Trinajstić information content (AvgIpc) is 2.80. The van der Waals surface area contributed by atoms with Crippen LogP contribution in [0.3, 0.4) is 0 Å². The van der Waals surface area contributed by atoms with Crippen molar-refractivity contribution in [3.05, 3.63) is 52.3 Å². The second-order valence-corrected chi connectivity index (χ2v) is 6.12. The van der Waals surface area contributed by atoms with Gasteiger partial charge in [-0.2, -0.15) is 23.5 Å². The first kappa shape index (κ1) is 19.5. The summed E-state index contributed by atoms with van der Waals surface area (Å²) in [5.74, 6) is -0.620. The van der Waals surface area contributed by atoms with E-state index in [2.05, 4.69) is 5.10 Å². The summed E-state index contributed by atoms with van der Waals surface area (Å²) in [4.78, 5) is 13.4. The first-order chi connectivity index (χ1) is 12.1. The van der Waals surface area contributed by atoms with Gasteiger partial charge in [-0.25, -0.2) is 0 Å². The molecule has 0 fully saturated rings. The van der Waals surface area contributed by atoms with Crippen LogP contribution in [0.2, 0.25) is 0 Å². The molecule has 2 aromatic rings. The molecule has 2 rings (SSSR count). The Bertz CT molecular complexity index is 832. The van der Waals surface area contributed by atoms with Gasteiger partial charge in [0.1, 0.15) is 6.54 Å². The Morgan fingerprint density at radius 2 is 1.88 bits per heavy atom. The highest BCUT2D eigenvalue weighted by molar-refractivity contribution is 5.79. The van der Waals surface area contributed by atoms with Crippen LogP contribution in [-0.2, 0) is 24.8 Å². The van der Waals surface area contributed by atoms with E-state index in [9.17, 15) is 18.0 Å². The highest BCUT2D eigenvalue weighted by atomic mass is 19.4. The van der Waals surface area contributed by atoms with Gasteiger partial charge in [0, 0.05) is 24.8 Å². The number of halogens is 3. The molecule has 0 unspecified atom stereocenters. The number of carbonyl (C=O) groups is 1. The minimum atomic E-state index is -4.50. The van der Waals surface area contributed by atoms with Crippen molar-refractivity contribution in [1.29, 1.82) is 5.26 Å². The van der Waals surface area contributed by atoms with Crippen molar-refractivity contribution < 1.29 is 18.0 Å². The zero-order valence-electron chi connectivity index (χ0n) is 14.8. The largest absolute Gasteiger partial charge is 0.406 e. The molecule has 1 aromatic carbocycles. The summed E-state index contributed by atoms with van der Waals surface area (Å²) in [6.07, 6.45) is -4.64. The first-order valence-corrected chi connectivity index (χ1v) is 7.93. The van der Waals surface area contributed by atoms with E-state index in [4.69, 9.17) is 5.26 Å². The highest BCUT2D eigenvalue weighted by Gasteiger charge is 2.33. The predicted octanol–water partition coefficient (Wildman–Crippen LogP) is 3.04. The summed E-state index contributed by atoms with van der Waals surface area (Å²) in [5.41, 5.74) is 2.96. The average molecular weight is 364 g/mol. The fourth-order valence-electron chi connectivity index (χ4n) is 2.69. The molecule has 1 heterocycles. The van der Waals surface area contributed by atoms with Crippen LogP contribution in [0.4, 0.5) is 13.2 Å². The van der Waals surface area contributed by atoms with Crippen molar-refractivity contribution in [3.63, 3.8) is 0 Å². The second-order valence-electron chi connectivity index (χ2n) is 6.12. The lowest BCUT2D eigenvalue weighted by molar-refractivity contribution is -0.162. The third-order valence-electron chi connectivity index (χ3n) is 4.17. The molecule has 1 amide bonds. The van der Waals surface area contributed by atoms with Gasteiger partial charge in [-0.1, -0.05) is 12.1 Å². The molecule has 0 spiro atoms. The predicted molar refractivity (Wildman–Crippen MR) is 89.0 cm³/mol. The van der Waals surface area contributed by atoms with Gasteiger partial charge in [0.2, 0.25) is 5.91 Å². The zero-order chi connectivity index (χ0) is 19.5. The quantitative estimate of drug-likeness (QED) is 0.819.